The number of amides is 1. The summed E-state index contributed by atoms with van der Waals surface area (Å²) < 4.78 is 38.5. The number of carbonyl (C=O) groups excluding carboxylic acids is 1. The Morgan fingerprint density at radius 1 is 1.07 bits per heavy atom. The molecule has 28 heavy (non-hydrogen) atoms. The first kappa shape index (κ1) is 20.2. The lowest BCUT2D eigenvalue weighted by molar-refractivity contribution is -0.137. The Balaban J connectivity index is 1.70. The number of nitrogens with zero attached hydrogens (tertiary/aromatic N) is 2. The molecule has 4 nitrogen and oxygen atoms in total. The molecule has 1 saturated heterocycles. The lowest BCUT2D eigenvalue weighted by atomic mass is 10.1. The van der Waals surface area contributed by atoms with Crippen LogP contribution in [0.4, 0.5) is 24.5 Å². The number of alkyl halides is 3. The van der Waals surface area contributed by atoms with E-state index < -0.39 is 17.6 Å². The number of halogens is 3. The zero-order valence-electron chi connectivity index (χ0n) is 16.0. The summed E-state index contributed by atoms with van der Waals surface area (Å²) in [5, 5.41) is 2.69. The molecule has 2 aromatic rings. The van der Waals surface area contributed by atoms with E-state index in [9.17, 15) is 18.0 Å². The fourth-order valence-electron chi connectivity index (χ4n) is 3.43. The van der Waals surface area contributed by atoms with Crippen LogP contribution in [0.1, 0.15) is 28.4 Å². The fraction of sp³-hybridized carbons (Fsp3) is 0.381. The molecule has 0 aromatic heterocycles. The lowest BCUT2D eigenvalue weighted by Crippen LogP contribution is -2.46. The number of piperazine rings is 1. The topological polar surface area (TPSA) is 35.6 Å². The number of likely N-dealkylation sites (N-methyl/N-ethyl adjacent to an activating group) is 1. The van der Waals surface area contributed by atoms with Gasteiger partial charge in [0.2, 0.25) is 0 Å². The van der Waals surface area contributed by atoms with Gasteiger partial charge < -0.3 is 15.1 Å². The Hall–Kier alpha value is -2.54. The van der Waals surface area contributed by atoms with Gasteiger partial charge in [-0.1, -0.05) is 13.0 Å². The van der Waals surface area contributed by atoms with Crippen LogP contribution in [0.3, 0.4) is 0 Å². The Morgan fingerprint density at radius 3 is 2.39 bits per heavy atom. The summed E-state index contributed by atoms with van der Waals surface area (Å²) in [5.41, 5.74) is 1.85. The summed E-state index contributed by atoms with van der Waals surface area (Å²) >= 11 is 0. The van der Waals surface area contributed by atoms with Gasteiger partial charge in [0.15, 0.2) is 0 Å². The first-order valence-corrected chi connectivity index (χ1v) is 9.34. The van der Waals surface area contributed by atoms with Gasteiger partial charge in [-0.2, -0.15) is 13.2 Å². The van der Waals surface area contributed by atoms with Crippen molar-refractivity contribution in [2.75, 3.05) is 42.9 Å². The molecule has 0 radical (unpaired) electrons. The molecule has 1 aliphatic rings. The van der Waals surface area contributed by atoms with Crippen molar-refractivity contribution >= 4 is 17.3 Å². The average molecular weight is 391 g/mol. The molecule has 1 aliphatic heterocycles. The van der Waals surface area contributed by atoms with E-state index in [0.29, 0.717) is 5.69 Å². The molecule has 1 amide bonds. The standard InChI is InChI=1S/C21H24F3N3O/c1-3-26-9-11-27(12-10-26)19-8-7-18(13-15(19)2)25-20(28)16-5-4-6-17(14-16)21(22,23)24/h4-8,13-14H,3,9-12H2,1-2H3,(H,25,28). The monoisotopic (exact) mass is 391 g/mol. The molecule has 0 saturated carbocycles. The number of rotatable bonds is 4. The third-order valence-electron chi connectivity index (χ3n) is 5.07. The second kappa shape index (κ2) is 8.22. The maximum absolute atomic E-state index is 12.8. The molecule has 3 rings (SSSR count). The second-order valence-corrected chi connectivity index (χ2v) is 6.96. The highest BCUT2D eigenvalue weighted by molar-refractivity contribution is 6.04. The summed E-state index contributed by atoms with van der Waals surface area (Å²) in [6, 6.07) is 10.0. The number of hydrogen-bond acceptors (Lipinski definition) is 3. The Labute approximate surface area is 162 Å². The van der Waals surface area contributed by atoms with Gasteiger partial charge in [0.25, 0.3) is 5.91 Å². The van der Waals surface area contributed by atoms with Crippen LogP contribution in [0.25, 0.3) is 0 Å². The summed E-state index contributed by atoms with van der Waals surface area (Å²) in [5.74, 6) is -0.560. The molecular formula is C21H24F3N3O. The van der Waals surface area contributed by atoms with Crippen molar-refractivity contribution in [1.82, 2.24) is 4.90 Å². The molecule has 1 fully saturated rings. The van der Waals surface area contributed by atoms with Gasteiger partial charge in [-0.05, 0) is 55.4 Å². The number of hydrogen-bond donors (Lipinski definition) is 1. The van der Waals surface area contributed by atoms with Gasteiger partial charge in [0.1, 0.15) is 0 Å². The van der Waals surface area contributed by atoms with Crippen LogP contribution >= 0.6 is 0 Å². The zero-order valence-corrected chi connectivity index (χ0v) is 16.0. The average Bonchev–Trinajstić information content (AvgIpc) is 2.68. The normalized spacial score (nSPS) is 15.5. The van der Waals surface area contributed by atoms with Gasteiger partial charge in [0.05, 0.1) is 5.56 Å². The molecule has 0 atom stereocenters. The van der Waals surface area contributed by atoms with Crippen LogP contribution < -0.4 is 10.2 Å². The van der Waals surface area contributed by atoms with Crippen LogP contribution in [0.15, 0.2) is 42.5 Å². The molecule has 1 N–H and O–H groups in total. The van der Waals surface area contributed by atoms with Gasteiger partial charge in [-0.3, -0.25) is 4.79 Å². The SMILES string of the molecule is CCN1CCN(c2ccc(NC(=O)c3cccc(C(F)(F)F)c3)cc2C)CC1. The highest BCUT2D eigenvalue weighted by Gasteiger charge is 2.30. The molecule has 0 spiro atoms. The fourth-order valence-corrected chi connectivity index (χ4v) is 3.43. The minimum absolute atomic E-state index is 0.0211. The Bertz CT molecular complexity index is 843. The molecule has 1 heterocycles. The Kier molecular flexibility index (Phi) is 5.93. The van der Waals surface area contributed by atoms with Gasteiger partial charge in [-0.25, -0.2) is 0 Å². The predicted molar refractivity (Wildman–Crippen MR) is 105 cm³/mol. The van der Waals surface area contributed by atoms with Crippen molar-refractivity contribution < 1.29 is 18.0 Å². The third kappa shape index (κ3) is 4.65. The van der Waals surface area contributed by atoms with Crippen molar-refractivity contribution in [3.05, 3.63) is 59.2 Å². The van der Waals surface area contributed by atoms with Crippen molar-refractivity contribution in [2.24, 2.45) is 0 Å². The molecule has 0 bridgehead atoms. The van der Waals surface area contributed by atoms with E-state index in [0.717, 1.165) is 56.1 Å². The number of nitrogens with one attached hydrogen (secondary N) is 1. The quantitative estimate of drug-likeness (QED) is 0.839. The third-order valence-corrected chi connectivity index (χ3v) is 5.07. The van der Waals surface area contributed by atoms with E-state index in [-0.39, 0.29) is 5.56 Å². The summed E-state index contributed by atoms with van der Waals surface area (Å²) in [6.07, 6.45) is -4.48. The van der Waals surface area contributed by atoms with Crippen molar-refractivity contribution in [2.45, 2.75) is 20.0 Å². The van der Waals surface area contributed by atoms with Crippen LogP contribution in [-0.4, -0.2) is 43.5 Å². The molecular weight excluding hydrogens is 367 g/mol. The molecule has 0 aliphatic carbocycles. The van der Waals surface area contributed by atoms with Crippen molar-refractivity contribution in [3.8, 4) is 0 Å². The second-order valence-electron chi connectivity index (χ2n) is 6.96. The minimum Gasteiger partial charge on any atom is -0.369 e. The lowest BCUT2D eigenvalue weighted by Gasteiger charge is -2.36. The number of benzene rings is 2. The van der Waals surface area contributed by atoms with Crippen LogP contribution in [0.5, 0.6) is 0 Å². The minimum atomic E-state index is -4.48. The maximum atomic E-state index is 12.8. The first-order valence-electron chi connectivity index (χ1n) is 9.34. The van der Waals surface area contributed by atoms with Crippen LogP contribution in [0.2, 0.25) is 0 Å². The van der Waals surface area contributed by atoms with Crippen LogP contribution in [-0.2, 0) is 6.18 Å². The maximum Gasteiger partial charge on any atom is 0.416 e. The molecule has 2 aromatic carbocycles. The highest BCUT2D eigenvalue weighted by Crippen LogP contribution is 2.30. The summed E-state index contributed by atoms with van der Waals surface area (Å²) in [4.78, 5) is 17.1. The van der Waals surface area contributed by atoms with Crippen molar-refractivity contribution in [1.29, 1.82) is 0 Å². The summed E-state index contributed by atoms with van der Waals surface area (Å²) in [7, 11) is 0. The van der Waals surface area contributed by atoms with Crippen molar-refractivity contribution in [3.63, 3.8) is 0 Å². The summed E-state index contributed by atoms with van der Waals surface area (Å²) in [6.45, 7) is 9.11. The molecule has 7 heteroatoms. The smallest absolute Gasteiger partial charge is 0.369 e. The van der Waals surface area contributed by atoms with E-state index in [1.54, 1.807) is 6.07 Å². The highest BCUT2D eigenvalue weighted by atomic mass is 19.4. The van der Waals surface area contributed by atoms with E-state index in [1.165, 1.54) is 12.1 Å². The van der Waals surface area contributed by atoms with Crippen LogP contribution in [0, 0.1) is 6.92 Å². The zero-order chi connectivity index (χ0) is 20.3. The first-order chi connectivity index (χ1) is 13.3. The number of aryl methyl sites for hydroxylation is 1. The van der Waals surface area contributed by atoms with E-state index in [4.69, 9.17) is 0 Å². The Morgan fingerprint density at radius 2 is 1.79 bits per heavy atom. The number of anilines is 2. The van der Waals surface area contributed by atoms with Gasteiger partial charge in [0, 0.05) is 43.1 Å². The van der Waals surface area contributed by atoms with E-state index in [1.807, 2.05) is 19.1 Å². The molecule has 0 unspecified atom stereocenters. The largest absolute Gasteiger partial charge is 0.416 e. The predicted octanol–water partition coefficient (Wildman–Crippen LogP) is 4.41. The molecule has 150 valence electrons. The van der Waals surface area contributed by atoms with Gasteiger partial charge in [-0.15, -0.1) is 0 Å². The van der Waals surface area contributed by atoms with E-state index in [2.05, 4.69) is 22.0 Å². The number of carbonyl (C=O) groups is 1. The van der Waals surface area contributed by atoms with Gasteiger partial charge >= 0.3 is 6.18 Å². The van der Waals surface area contributed by atoms with E-state index >= 15 is 0 Å².